The van der Waals surface area contributed by atoms with Gasteiger partial charge in [0.05, 0.1) is 0 Å². The van der Waals surface area contributed by atoms with E-state index >= 15 is 0 Å². The van der Waals surface area contributed by atoms with E-state index in [4.69, 9.17) is 0 Å². The fraction of sp³-hybridized carbons (Fsp3) is 0.0476. The third-order valence-electron chi connectivity index (χ3n) is 4.18. The van der Waals surface area contributed by atoms with Crippen LogP contribution in [0.15, 0.2) is 72.8 Å². The second-order valence-corrected chi connectivity index (χ2v) is 5.91. The molecule has 0 amide bonds. The van der Waals surface area contributed by atoms with Crippen LogP contribution in [-0.4, -0.2) is 10.2 Å². The number of aromatic hydroxyl groups is 2. The average molecular weight is 300 g/mol. The number of hydrogen-bond acceptors (Lipinski definition) is 2. The summed E-state index contributed by atoms with van der Waals surface area (Å²) in [6.07, 6.45) is 0.817. The molecule has 0 heterocycles. The highest BCUT2D eigenvalue weighted by Crippen LogP contribution is 2.25. The number of rotatable bonds is 2. The van der Waals surface area contributed by atoms with E-state index in [1.54, 1.807) is 24.3 Å². The van der Waals surface area contributed by atoms with E-state index < -0.39 is 0 Å². The van der Waals surface area contributed by atoms with E-state index in [1.807, 2.05) is 12.1 Å². The summed E-state index contributed by atoms with van der Waals surface area (Å²) in [5.74, 6) is 0.576. The van der Waals surface area contributed by atoms with Crippen molar-refractivity contribution in [1.82, 2.24) is 0 Å². The molecule has 0 fully saturated rings. The first-order chi connectivity index (χ1) is 11.2. The van der Waals surface area contributed by atoms with Crippen molar-refractivity contribution in [1.29, 1.82) is 0 Å². The van der Waals surface area contributed by atoms with Crippen LogP contribution >= 0.6 is 0 Å². The first kappa shape index (κ1) is 13.6. The van der Waals surface area contributed by atoms with Gasteiger partial charge in [-0.2, -0.15) is 0 Å². The lowest BCUT2D eigenvalue weighted by atomic mass is 9.99. The SMILES string of the molecule is Oc1ccc2ccc(Cc3ccc4ccc(O)cc4c3)cc2c1. The molecule has 0 aliphatic heterocycles. The van der Waals surface area contributed by atoms with Crippen LogP contribution in [0.4, 0.5) is 0 Å². The van der Waals surface area contributed by atoms with Gasteiger partial charge in [-0.1, -0.05) is 48.5 Å². The van der Waals surface area contributed by atoms with E-state index in [0.29, 0.717) is 0 Å². The summed E-state index contributed by atoms with van der Waals surface area (Å²) in [5.41, 5.74) is 2.39. The molecule has 112 valence electrons. The topological polar surface area (TPSA) is 40.5 Å². The van der Waals surface area contributed by atoms with Gasteiger partial charge in [0.25, 0.3) is 0 Å². The second-order valence-electron chi connectivity index (χ2n) is 5.91. The predicted octanol–water partition coefficient (Wildman–Crippen LogP) is 5.00. The molecular formula is C21H16O2. The Balaban J connectivity index is 1.72. The zero-order chi connectivity index (χ0) is 15.8. The lowest BCUT2D eigenvalue weighted by molar-refractivity contribution is 0.475. The van der Waals surface area contributed by atoms with Crippen LogP contribution in [0.2, 0.25) is 0 Å². The molecule has 0 saturated heterocycles. The first-order valence-electron chi connectivity index (χ1n) is 7.61. The minimum Gasteiger partial charge on any atom is -0.508 e. The number of fused-ring (bicyclic) bond motifs is 2. The van der Waals surface area contributed by atoms with Gasteiger partial charge >= 0.3 is 0 Å². The Morgan fingerprint density at radius 2 is 0.913 bits per heavy atom. The van der Waals surface area contributed by atoms with Gasteiger partial charge in [0.2, 0.25) is 0 Å². The smallest absolute Gasteiger partial charge is 0.116 e. The van der Waals surface area contributed by atoms with Crippen molar-refractivity contribution in [3.63, 3.8) is 0 Å². The molecule has 0 radical (unpaired) electrons. The first-order valence-corrected chi connectivity index (χ1v) is 7.61. The van der Waals surface area contributed by atoms with Gasteiger partial charge in [-0.05, 0) is 63.4 Å². The summed E-state index contributed by atoms with van der Waals surface area (Å²) in [6.45, 7) is 0. The summed E-state index contributed by atoms with van der Waals surface area (Å²) in [4.78, 5) is 0. The number of phenolic OH excluding ortho intramolecular Hbond substituents is 2. The summed E-state index contributed by atoms with van der Waals surface area (Å²) >= 11 is 0. The zero-order valence-electron chi connectivity index (χ0n) is 12.5. The second kappa shape index (κ2) is 5.33. The molecule has 0 unspecified atom stereocenters. The summed E-state index contributed by atoms with van der Waals surface area (Å²) in [6, 6.07) is 23.5. The van der Waals surface area contributed by atoms with Gasteiger partial charge < -0.3 is 10.2 Å². The van der Waals surface area contributed by atoms with Gasteiger partial charge in [0.15, 0.2) is 0 Å². The quantitative estimate of drug-likeness (QED) is 0.547. The Labute approximate surface area is 134 Å². The molecule has 0 aliphatic carbocycles. The van der Waals surface area contributed by atoms with Crippen molar-refractivity contribution in [2.24, 2.45) is 0 Å². The van der Waals surface area contributed by atoms with Crippen LogP contribution in [0.5, 0.6) is 11.5 Å². The van der Waals surface area contributed by atoms with Crippen LogP contribution in [0.25, 0.3) is 21.5 Å². The van der Waals surface area contributed by atoms with Crippen molar-refractivity contribution in [2.75, 3.05) is 0 Å². The highest BCUT2D eigenvalue weighted by Gasteiger charge is 2.02. The minimum absolute atomic E-state index is 0.288. The molecule has 23 heavy (non-hydrogen) atoms. The van der Waals surface area contributed by atoms with Crippen LogP contribution < -0.4 is 0 Å². The Kier molecular flexibility index (Phi) is 3.16. The number of benzene rings is 4. The maximum atomic E-state index is 9.63. The van der Waals surface area contributed by atoms with Crippen molar-refractivity contribution < 1.29 is 10.2 Å². The monoisotopic (exact) mass is 300 g/mol. The van der Waals surface area contributed by atoms with Crippen LogP contribution in [0.1, 0.15) is 11.1 Å². The molecule has 0 aliphatic rings. The molecule has 0 saturated carbocycles. The van der Waals surface area contributed by atoms with Gasteiger partial charge in [-0.3, -0.25) is 0 Å². The van der Waals surface area contributed by atoms with Crippen molar-refractivity contribution in [3.05, 3.63) is 83.9 Å². The van der Waals surface area contributed by atoms with Gasteiger partial charge in [0.1, 0.15) is 11.5 Å². The summed E-state index contributed by atoms with van der Waals surface area (Å²) in [7, 11) is 0. The van der Waals surface area contributed by atoms with Crippen LogP contribution in [0.3, 0.4) is 0 Å². The Morgan fingerprint density at radius 1 is 0.478 bits per heavy atom. The molecule has 4 aromatic carbocycles. The number of phenols is 2. The van der Waals surface area contributed by atoms with E-state index in [9.17, 15) is 10.2 Å². The Hall–Kier alpha value is -3.00. The van der Waals surface area contributed by atoms with Crippen LogP contribution in [-0.2, 0) is 6.42 Å². The van der Waals surface area contributed by atoms with Gasteiger partial charge in [0, 0.05) is 0 Å². The molecule has 0 bridgehead atoms. The standard InChI is InChI=1S/C21H16O2/c22-20-7-5-16-3-1-14(10-18(16)12-20)9-15-2-4-17-6-8-21(23)13-19(17)11-15/h1-8,10-13,22-23H,9H2. The largest absolute Gasteiger partial charge is 0.508 e. The third-order valence-corrected chi connectivity index (χ3v) is 4.18. The maximum absolute atomic E-state index is 9.63. The molecule has 2 heteroatoms. The molecule has 0 spiro atoms. The van der Waals surface area contributed by atoms with Crippen molar-refractivity contribution in [2.45, 2.75) is 6.42 Å². The Bertz CT molecular complexity index is 935. The molecule has 0 atom stereocenters. The predicted molar refractivity (Wildman–Crippen MR) is 94.0 cm³/mol. The van der Waals surface area contributed by atoms with Crippen molar-refractivity contribution in [3.8, 4) is 11.5 Å². The summed E-state index contributed by atoms with van der Waals surface area (Å²) in [5, 5.41) is 23.6. The van der Waals surface area contributed by atoms with E-state index in [0.717, 1.165) is 28.0 Å². The van der Waals surface area contributed by atoms with Gasteiger partial charge in [-0.25, -0.2) is 0 Å². The lowest BCUT2D eigenvalue weighted by Crippen LogP contribution is -1.88. The fourth-order valence-corrected chi connectivity index (χ4v) is 3.02. The molecule has 0 aromatic heterocycles. The highest BCUT2D eigenvalue weighted by atomic mass is 16.3. The van der Waals surface area contributed by atoms with Crippen LogP contribution in [0, 0.1) is 0 Å². The van der Waals surface area contributed by atoms with E-state index in [2.05, 4.69) is 36.4 Å². The van der Waals surface area contributed by atoms with Gasteiger partial charge in [-0.15, -0.1) is 0 Å². The third kappa shape index (κ3) is 2.71. The minimum atomic E-state index is 0.288. The Morgan fingerprint density at radius 3 is 1.39 bits per heavy atom. The fourth-order valence-electron chi connectivity index (χ4n) is 3.02. The van der Waals surface area contributed by atoms with E-state index in [1.165, 1.54) is 11.1 Å². The maximum Gasteiger partial charge on any atom is 0.116 e. The molecule has 2 N–H and O–H groups in total. The lowest BCUT2D eigenvalue weighted by Gasteiger charge is -2.07. The molecule has 4 aromatic rings. The van der Waals surface area contributed by atoms with E-state index in [-0.39, 0.29) is 11.5 Å². The zero-order valence-corrected chi connectivity index (χ0v) is 12.5. The molecule has 2 nitrogen and oxygen atoms in total. The normalized spacial score (nSPS) is 11.1. The molecule has 4 rings (SSSR count). The average Bonchev–Trinajstić information content (AvgIpc) is 2.54. The molecular weight excluding hydrogens is 284 g/mol. The number of hydrogen-bond donors (Lipinski definition) is 2. The highest BCUT2D eigenvalue weighted by molar-refractivity contribution is 5.85. The van der Waals surface area contributed by atoms with Crippen molar-refractivity contribution >= 4 is 21.5 Å². The summed E-state index contributed by atoms with van der Waals surface area (Å²) < 4.78 is 0.